The van der Waals surface area contributed by atoms with E-state index >= 15 is 0 Å². The smallest absolute Gasteiger partial charge is 0.237 e. The molecule has 0 amide bonds. The van der Waals surface area contributed by atoms with Crippen LogP contribution in [0.1, 0.15) is 24.8 Å². The minimum absolute atomic E-state index is 0.326. The van der Waals surface area contributed by atoms with Crippen LogP contribution in [0.15, 0.2) is 100 Å². The standard InChI is InChI=1S/C25H26N3O2S/c29-31(30,24-8-6-7-22(19-24)27-15-3-1-4-16-27)23-12-10-21(11-13-23)20-28-17-5-2-9-25(28)26-14-18-28/h2,5-14,17-19H,1,3-4,15-16,20H2/q+1. The molecule has 5 rings (SSSR count). The van der Waals surface area contributed by atoms with Crippen molar-refractivity contribution in [1.29, 1.82) is 0 Å². The number of anilines is 1. The second-order valence-electron chi connectivity index (χ2n) is 8.27. The van der Waals surface area contributed by atoms with Gasteiger partial charge in [0.2, 0.25) is 15.7 Å². The zero-order chi connectivity index (χ0) is 21.3. The minimum Gasteiger partial charge on any atom is -0.372 e. The molecule has 0 saturated carbocycles. The molecular weight excluding hydrogens is 406 g/mol. The predicted molar refractivity (Wildman–Crippen MR) is 123 cm³/mol. The third-order valence-corrected chi connectivity index (χ3v) is 7.97. The lowest BCUT2D eigenvalue weighted by molar-refractivity contribution is -0.743. The summed E-state index contributed by atoms with van der Waals surface area (Å²) in [6, 6.07) is 14.6. The van der Waals surface area contributed by atoms with Crippen molar-refractivity contribution in [2.24, 2.45) is 4.99 Å². The number of amidine groups is 1. The summed E-state index contributed by atoms with van der Waals surface area (Å²) in [7, 11) is -3.56. The van der Waals surface area contributed by atoms with Crippen LogP contribution in [0.25, 0.3) is 0 Å². The Bertz CT molecular complexity index is 1200. The molecule has 3 heterocycles. The summed E-state index contributed by atoms with van der Waals surface area (Å²) in [5, 5.41) is 0. The molecule has 0 N–H and O–H groups in total. The normalized spacial score (nSPS) is 22.5. The molecule has 158 valence electrons. The highest BCUT2D eigenvalue weighted by Crippen LogP contribution is 2.29. The van der Waals surface area contributed by atoms with Gasteiger partial charge in [-0.05, 0) is 61.7 Å². The van der Waals surface area contributed by atoms with Crippen LogP contribution in [0, 0.1) is 0 Å². The molecular formula is C25H26N3O2S+. The van der Waals surface area contributed by atoms with E-state index in [0.29, 0.717) is 20.8 Å². The van der Waals surface area contributed by atoms with Gasteiger partial charge in [-0.3, -0.25) is 0 Å². The maximum Gasteiger partial charge on any atom is 0.237 e. The van der Waals surface area contributed by atoms with Gasteiger partial charge in [0.05, 0.1) is 16.0 Å². The van der Waals surface area contributed by atoms with E-state index in [1.54, 1.807) is 18.2 Å². The van der Waals surface area contributed by atoms with Gasteiger partial charge in [0.15, 0.2) is 0 Å². The van der Waals surface area contributed by atoms with E-state index in [-0.39, 0.29) is 0 Å². The van der Waals surface area contributed by atoms with E-state index in [1.807, 2.05) is 61.0 Å². The molecule has 2 aromatic carbocycles. The molecule has 0 aromatic heterocycles. The zero-order valence-corrected chi connectivity index (χ0v) is 18.2. The number of fused-ring (bicyclic) bond motifs is 1. The van der Waals surface area contributed by atoms with Gasteiger partial charge in [0.1, 0.15) is 18.9 Å². The van der Waals surface area contributed by atoms with Crippen LogP contribution < -0.4 is 4.90 Å². The van der Waals surface area contributed by atoms with Crippen LogP contribution in [0.3, 0.4) is 0 Å². The number of hydrogen-bond donors (Lipinski definition) is 0. The van der Waals surface area contributed by atoms with Crippen molar-refractivity contribution in [2.75, 3.05) is 18.0 Å². The lowest BCUT2D eigenvalue weighted by Crippen LogP contribution is -2.40. The van der Waals surface area contributed by atoms with Gasteiger partial charge in [-0.2, -0.15) is 4.99 Å². The summed E-state index contributed by atoms with van der Waals surface area (Å²) in [5.74, 6) is 0.966. The number of hydrogen-bond acceptors (Lipinski definition) is 4. The highest BCUT2D eigenvalue weighted by molar-refractivity contribution is 7.91. The van der Waals surface area contributed by atoms with E-state index in [1.165, 1.54) is 6.42 Å². The molecule has 31 heavy (non-hydrogen) atoms. The fraction of sp³-hybridized carbons (Fsp3) is 0.240. The first-order valence-electron chi connectivity index (χ1n) is 10.8. The lowest BCUT2D eigenvalue weighted by atomic mass is 10.1. The third kappa shape index (κ3) is 3.77. The fourth-order valence-electron chi connectivity index (χ4n) is 4.46. The van der Waals surface area contributed by atoms with E-state index in [9.17, 15) is 8.42 Å². The maximum absolute atomic E-state index is 13.3. The summed E-state index contributed by atoms with van der Waals surface area (Å²) in [6.07, 6.45) is 15.5. The largest absolute Gasteiger partial charge is 0.372 e. The van der Waals surface area contributed by atoms with Gasteiger partial charge in [0.25, 0.3) is 0 Å². The van der Waals surface area contributed by atoms with Gasteiger partial charge in [0, 0.05) is 30.4 Å². The number of sulfone groups is 1. The van der Waals surface area contributed by atoms with Crippen LogP contribution >= 0.6 is 0 Å². The minimum atomic E-state index is -3.56. The van der Waals surface area contributed by atoms with E-state index in [0.717, 1.165) is 43.0 Å². The first kappa shape index (κ1) is 20.0. The molecule has 3 aliphatic heterocycles. The van der Waals surface area contributed by atoms with Crippen LogP contribution in [0.4, 0.5) is 5.69 Å². The number of nitrogens with zero attached hydrogens (tertiary/aromatic N) is 3. The number of aliphatic imine (C=N–C) groups is 1. The average Bonchev–Trinajstić information content (AvgIpc) is 3.23. The molecule has 1 fully saturated rings. The molecule has 6 heteroatoms. The van der Waals surface area contributed by atoms with Gasteiger partial charge in [-0.1, -0.05) is 18.2 Å². The van der Waals surface area contributed by atoms with E-state index < -0.39 is 9.84 Å². The molecule has 0 spiro atoms. The van der Waals surface area contributed by atoms with Crippen molar-refractivity contribution in [3.05, 3.63) is 90.9 Å². The number of benzene rings is 2. The Morgan fingerprint density at radius 3 is 2.52 bits per heavy atom. The number of rotatable bonds is 5. The first-order valence-corrected chi connectivity index (χ1v) is 12.2. The quantitative estimate of drug-likeness (QED) is 0.638. The summed E-state index contributed by atoms with van der Waals surface area (Å²) in [5.41, 5.74) is 2.05. The van der Waals surface area contributed by atoms with Crippen LogP contribution in [0.2, 0.25) is 0 Å². The van der Waals surface area contributed by atoms with Crippen molar-refractivity contribution >= 4 is 21.4 Å². The van der Waals surface area contributed by atoms with Gasteiger partial charge in [-0.15, -0.1) is 0 Å². The lowest BCUT2D eigenvalue weighted by Gasteiger charge is -2.29. The Hall–Kier alpha value is -2.96. The molecule has 1 atom stereocenters. The monoisotopic (exact) mass is 432 g/mol. The van der Waals surface area contributed by atoms with E-state index in [4.69, 9.17) is 0 Å². The average molecular weight is 433 g/mol. The number of allylic oxidation sites excluding steroid dienone is 2. The number of piperidine rings is 1. The molecule has 0 aliphatic carbocycles. The van der Waals surface area contributed by atoms with Gasteiger partial charge in [-0.25, -0.2) is 12.9 Å². The number of quaternary nitrogens is 1. The van der Waals surface area contributed by atoms with Crippen molar-refractivity contribution < 1.29 is 12.9 Å². The maximum atomic E-state index is 13.3. The first-order chi connectivity index (χ1) is 15.1. The highest BCUT2D eigenvalue weighted by Gasteiger charge is 2.33. The SMILES string of the molecule is O=S(=O)(c1ccc(C[N+]23C=CC=CC2=NC=C3)cc1)c1cccc(N2CCCCC2)c1. The molecule has 1 unspecified atom stereocenters. The van der Waals surface area contributed by atoms with Gasteiger partial charge >= 0.3 is 0 Å². The Balaban J connectivity index is 1.38. The Kier molecular flexibility index (Phi) is 5.12. The Morgan fingerprint density at radius 1 is 0.903 bits per heavy atom. The van der Waals surface area contributed by atoms with Crippen LogP contribution in [-0.4, -0.2) is 31.8 Å². The van der Waals surface area contributed by atoms with Crippen molar-refractivity contribution in [3.63, 3.8) is 0 Å². The van der Waals surface area contributed by atoms with Crippen molar-refractivity contribution in [1.82, 2.24) is 0 Å². The predicted octanol–water partition coefficient (Wildman–Crippen LogP) is 4.79. The third-order valence-electron chi connectivity index (χ3n) is 6.20. The molecule has 5 nitrogen and oxygen atoms in total. The summed E-state index contributed by atoms with van der Waals surface area (Å²) in [6.45, 7) is 2.67. The molecule has 3 aliphatic rings. The summed E-state index contributed by atoms with van der Waals surface area (Å²) in [4.78, 5) is 7.40. The molecule has 2 aromatic rings. The second-order valence-corrected chi connectivity index (χ2v) is 10.2. The molecule has 0 bridgehead atoms. The van der Waals surface area contributed by atoms with E-state index in [2.05, 4.69) is 16.1 Å². The highest BCUT2D eigenvalue weighted by atomic mass is 32.2. The molecule has 1 saturated heterocycles. The van der Waals surface area contributed by atoms with Crippen molar-refractivity contribution in [2.45, 2.75) is 35.6 Å². The van der Waals surface area contributed by atoms with Crippen LogP contribution in [-0.2, 0) is 16.4 Å². The molecule has 0 radical (unpaired) electrons. The summed E-state index contributed by atoms with van der Waals surface area (Å²) >= 11 is 0. The Labute approximate surface area is 183 Å². The summed E-state index contributed by atoms with van der Waals surface area (Å²) < 4.78 is 27.1. The topological polar surface area (TPSA) is 49.7 Å². The van der Waals surface area contributed by atoms with Crippen molar-refractivity contribution in [3.8, 4) is 0 Å². The zero-order valence-electron chi connectivity index (χ0n) is 17.4. The van der Waals surface area contributed by atoms with Crippen LogP contribution in [0.5, 0.6) is 0 Å². The van der Waals surface area contributed by atoms with Gasteiger partial charge < -0.3 is 4.90 Å². The Morgan fingerprint density at radius 2 is 1.71 bits per heavy atom. The second kappa shape index (κ2) is 7.94. The fourth-order valence-corrected chi connectivity index (χ4v) is 5.76.